The summed E-state index contributed by atoms with van der Waals surface area (Å²) in [6.07, 6.45) is 0.828. The summed E-state index contributed by atoms with van der Waals surface area (Å²) in [5, 5.41) is 15.8. The topological polar surface area (TPSA) is 70.2 Å². The Kier molecular flexibility index (Phi) is 3.83. The maximum atomic E-state index is 13.2. The van der Waals surface area contributed by atoms with Crippen LogP contribution in [0.25, 0.3) is 33.5 Å². The SMILES string of the molecule is CC(C)(C)Cc1nc(-c2ccc3[nH]nc(-c4ccc(F)cc4)c3c2)n[nH]1. The Hall–Kier alpha value is -3.02. The molecule has 0 aliphatic heterocycles. The van der Waals surface area contributed by atoms with Gasteiger partial charge in [0, 0.05) is 22.9 Å². The first kappa shape index (κ1) is 16.4. The average Bonchev–Trinajstić information content (AvgIpc) is 3.20. The number of fused-ring (bicyclic) bond motifs is 1. The molecule has 4 rings (SSSR count). The highest BCUT2D eigenvalue weighted by molar-refractivity contribution is 5.95. The van der Waals surface area contributed by atoms with Crippen LogP contribution in [-0.2, 0) is 6.42 Å². The zero-order chi connectivity index (χ0) is 18.3. The fourth-order valence-corrected chi connectivity index (χ4v) is 2.99. The molecule has 0 aliphatic rings. The molecule has 0 saturated carbocycles. The minimum atomic E-state index is -0.263. The van der Waals surface area contributed by atoms with E-state index >= 15 is 0 Å². The number of aromatic nitrogens is 5. The maximum absolute atomic E-state index is 13.2. The highest BCUT2D eigenvalue weighted by Crippen LogP contribution is 2.30. The molecule has 2 N–H and O–H groups in total. The van der Waals surface area contributed by atoms with Crippen LogP contribution in [0.4, 0.5) is 4.39 Å². The van der Waals surface area contributed by atoms with Gasteiger partial charge in [0.05, 0.1) is 11.2 Å². The molecule has 0 radical (unpaired) electrons. The lowest BCUT2D eigenvalue weighted by Crippen LogP contribution is -2.10. The second kappa shape index (κ2) is 6.05. The Labute approximate surface area is 150 Å². The fourth-order valence-electron chi connectivity index (χ4n) is 2.99. The molecule has 0 unspecified atom stereocenters. The normalized spacial score (nSPS) is 12.0. The van der Waals surface area contributed by atoms with Crippen LogP contribution in [-0.4, -0.2) is 25.4 Å². The molecule has 0 atom stereocenters. The molecule has 2 heterocycles. The summed E-state index contributed by atoms with van der Waals surface area (Å²) in [6.45, 7) is 6.51. The summed E-state index contributed by atoms with van der Waals surface area (Å²) < 4.78 is 13.2. The van der Waals surface area contributed by atoms with Gasteiger partial charge in [-0.1, -0.05) is 20.8 Å². The molecule has 0 amide bonds. The molecule has 0 fully saturated rings. The highest BCUT2D eigenvalue weighted by Gasteiger charge is 2.16. The Bertz CT molecular complexity index is 1050. The van der Waals surface area contributed by atoms with Crippen LogP contribution in [0.3, 0.4) is 0 Å². The van der Waals surface area contributed by atoms with Gasteiger partial charge in [0.15, 0.2) is 5.82 Å². The zero-order valence-corrected chi connectivity index (χ0v) is 15.0. The lowest BCUT2D eigenvalue weighted by atomic mass is 9.92. The molecule has 2 aromatic carbocycles. The van der Waals surface area contributed by atoms with Crippen LogP contribution in [0, 0.1) is 11.2 Å². The fraction of sp³-hybridized carbons (Fsp3) is 0.250. The van der Waals surface area contributed by atoms with E-state index in [9.17, 15) is 4.39 Å². The molecular formula is C20H20FN5. The van der Waals surface area contributed by atoms with Crippen LogP contribution < -0.4 is 0 Å². The largest absolute Gasteiger partial charge is 0.277 e. The Balaban J connectivity index is 1.73. The summed E-state index contributed by atoms with van der Waals surface area (Å²) in [5.41, 5.74) is 3.61. The predicted molar refractivity (Wildman–Crippen MR) is 100 cm³/mol. The summed E-state index contributed by atoms with van der Waals surface area (Å²) in [7, 11) is 0. The van der Waals surface area contributed by atoms with Gasteiger partial charge in [0.25, 0.3) is 0 Å². The number of aromatic amines is 2. The van der Waals surface area contributed by atoms with E-state index in [1.54, 1.807) is 12.1 Å². The number of nitrogens with zero attached hydrogens (tertiary/aromatic N) is 3. The molecule has 6 heteroatoms. The minimum absolute atomic E-state index is 0.140. The second-order valence-corrected chi connectivity index (χ2v) is 7.68. The number of benzene rings is 2. The predicted octanol–water partition coefficient (Wildman–Crippen LogP) is 4.74. The Morgan fingerprint density at radius 3 is 2.38 bits per heavy atom. The first-order chi connectivity index (χ1) is 12.4. The lowest BCUT2D eigenvalue weighted by molar-refractivity contribution is 0.401. The van der Waals surface area contributed by atoms with Crippen LogP contribution in [0.5, 0.6) is 0 Å². The van der Waals surface area contributed by atoms with Crippen LogP contribution in [0.2, 0.25) is 0 Å². The standard InChI is InChI=1S/C20H20FN5/c1-20(2,3)11-17-22-19(26-24-17)13-6-9-16-15(10-13)18(25-23-16)12-4-7-14(21)8-5-12/h4-10H,11H2,1-3H3,(H,23,25)(H,22,24,26). The third-order valence-electron chi connectivity index (χ3n) is 4.17. The number of H-pyrrole nitrogens is 2. The number of hydrogen-bond acceptors (Lipinski definition) is 3. The van der Waals surface area contributed by atoms with Crippen molar-refractivity contribution < 1.29 is 4.39 Å². The molecule has 0 aliphatic carbocycles. The molecule has 2 aromatic heterocycles. The van der Waals surface area contributed by atoms with Crippen LogP contribution in [0.1, 0.15) is 26.6 Å². The Morgan fingerprint density at radius 2 is 1.65 bits per heavy atom. The molecule has 132 valence electrons. The van der Waals surface area contributed by atoms with E-state index in [0.29, 0.717) is 5.82 Å². The van der Waals surface area contributed by atoms with Gasteiger partial charge in [0.1, 0.15) is 11.6 Å². The monoisotopic (exact) mass is 349 g/mol. The number of rotatable bonds is 3. The van der Waals surface area contributed by atoms with Crippen LogP contribution >= 0.6 is 0 Å². The van der Waals surface area contributed by atoms with Crippen molar-refractivity contribution in [3.05, 3.63) is 54.1 Å². The second-order valence-electron chi connectivity index (χ2n) is 7.68. The smallest absolute Gasteiger partial charge is 0.181 e. The van der Waals surface area contributed by atoms with Gasteiger partial charge in [-0.3, -0.25) is 10.2 Å². The lowest BCUT2D eigenvalue weighted by Gasteiger charge is -2.15. The molecule has 0 bridgehead atoms. The Morgan fingerprint density at radius 1 is 0.923 bits per heavy atom. The van der Waals surface area contributed by atoms with Gasteiger partial charge >= 0.3 is 0 Å². The van der Waals surface area contributed by atoms with Gasteiger partial charge < -0.3 is 0 Å². The van der Waals surface area contributed by atoms with Crippen molar-refractivity contribution in [2.24, 2.45) is 5.41 Å². The first-order valence-electron chi connectivity index (χ1n) is 8.55. The minimum Gasteiger partial charge on any atom is -0.277 e. The molecule has 0 spiro atoms. The van der Waals surface area contributed by atoms with E-state index < -0.39 is 0 Å². The third kappa shape index (κ3) is 3.22. The van der Waals surface area contributed by atoms with Gasteiger partial charge in [-0.05, 0) is 47.9 Å². The number of halogens is 1. The third-order valence-corrected chi connectivity index (χ3v) is 4.17. The van der Waals surface area contributed by atoms with Crippen molar-refractivity contribution in [3.8, 4) is 22.6 Å². The van der Waals surface area contributed by atoms with Crippen molar-refractivity contribution in [1.82, 2.24) is 25.4 Å². The van der Waals surface area contributed by atoms with Gasteiger partial charge in [-0.25, -0.2) is 9.37 Å². The number of nitrogens with one attached hydrogen (secondary N) is 2. The molecular weight excluding hydrogens is 329 g/mol. The highest BCUT2D eigenvalue weighted by atomic mass is 19.1. The summed E-state index contributed by atoms with van der Waals surface area (Å²) in [4.78, 5) is 4.62. The van der Waals surface area contributed by atoms with Crippen molar-refractivity contribution in [2.75, 3.05) is 0 Å². The van der Waals surface area contributed by atoms with Gasteiger partial charge in [-0.2, -0.15) is 10.2 Å². The molecule has 4 aromatic rings. The molecule has 26 heavy (non-hydrogen) atoms. The van der Waals surface area contributed by atoms with E-state index in [-0.39, 0.29) is 11.2 Å². The summed E-state index contributed by atoms with van der Waals surface area (Å²) >= 11 is 0. The molecule has 5 nitrogen and oxygen atoms in total. The quantitative estimate of drug-likeness (QED) is 0.561. The van der Waals surface area contributed by atoms with E-state index in [0.717, 1.165) is 40.0 Å². The number of hydrogen-bond donors (Lipinski definition) is 2. The summed E-state index contributed by atoms with van der Waals surface area (Å²) in [5.74, 6) is 1.28. The maximum Gasteiger partial charge on any atom is 0.181 e. The van der Waals surface area contributed by atoms with Crippen molar-refractivity contribution in [1.29, 1.82) is 0 Å². The summed E-state index contributed by atoms with van der Waals surface area (Å²) in [6, 6.07) is 12.3. The molecule has 0 saturated heterocycles. The average molecular weight is 349 g/mol. The first-order valence-corrected chi connectivity index (χ1v) is 8.55. The van der Waals surface area contributed by atoms with Gasteiger partial charge in [0.2, 0.25) is 0 Å². The van der Waals surface area contributed by atoms with Crippen LogP contribution in [0.15, 0.2) is 42.5 Å². The van der Waals surface area contributed by atoms with Crippen molar-refractivity contribution in [3.63, 3.8) is 0 Å². The van der Waals surface area contributed by atoms with E-state index in [4.69, 9.17) is 0 Å². The van der Waals surface area contributed by atoms with Crippen molar-refractivity contribution in [2.45, 2.75) is 27.2 Å². The van der Waals surface area contributed by atoms with E-state index in [1.165, 1.54) is 12.1 Å². The van der Waals surface area contributed by atoms with E-state index in [1.807, 2.05) is 18.2 Å². The van der Waals surface area contributed by atoms with Crippen molar-refractivity contribution >= 4 is 10.9 Å². The zero-order valence-electron chi connectivity index (χ0n) is 15.0. The van der Waals surface area contributed by atoms with Gasteiger partial charge in [-0.15, -0.1) is 0 Å². The van der Waals surface area contributed by atoms with E-state index in [2.05, 4.69) is 46.1 Å².